The molecule has 1 aromatic rings. The highest BCUT2D eigenvalue weighted by Crippen LogP contribution is 2.13. The Kier molecular flexibility index (Phi) is 5.55. The second kappa shape index (κ2) is 7.40. The number of morpholine rings is 1. The van der Waals surface area contributed by atoms with Gasteiger partial charge in [-0.3, -0.25) is 4.79 Å². The van der Waals surface area contributed by atoms with Crippen molar-refractivity contribution in [2.75, 3.05) is 31.6 Å². The van der Waals surface area contributed by atoms with Crippen molar-refractivity contribution in [3.8, 4) is 0 Å². The van der Waals surface area contributed by atoms with Crippen LogP contribution >= 0.6 is 11.6 Å². The van der Waals surface area contributed by atoms with Crippen LogP contribution in [0.3, 0.4) is 0 Å². The molecule has 1 atom stereocenters. The van der Waals surface area contributed by atoms with Gasteiger partial charge >= 0.3 is 0 Å². The maximum Gasteiger partial charge on any atom is 0.230 e. The Bertz CT molecular complexity index is 500. The van der Waals surface area contributed by atoms with Crippen molar-refractivity contribution in [2.24, 2.45) is 0 Å². The number of rotatable bonds is 5. The van der Waals surface area contributed by atoms with Gasteiger partial charge in [0.25, 0.3) is 0 Å². The third-order valence-corrected chi connectivity index (χ3v) is 3.68. The zero-order chi connectivity index (χ0) is 15.2. The van der Waals surface area contributed by atoms with Crippen molar-refractivity contribution in [1.82, 2.24) is 0 Å². The number of benzene rings is 1. The number of carboxylic acids is 1. The summed E-state index contributed by atoms with van der Waals surface area (Å²) >= 11 is 5.76. The van der Waals surface area contributed by atoms with Crippen LogP contribution in [0.15, 0.2) is 24.3 Å². The highest BCUT2D eigenvalue weighted by atomic mass is 35.5. The number of ether oxygens (including phenoxy) is 1. The fourth-order valence-corrected chi connectivity index (χ4v) is 2.43. The summed E-state index contributed by atoms with van der Waals surface area (Å²) in [6.07, 6.45) is -0.125. The van der Waals surface area contributed by atoms with Gasteiger partial charge in [0, 0.05) is 10.7 Å². The first-order valence-electron chi connectivity index (χ1n) is 6.75. The van der Waals surface area contributed by atoms with Crippen molar-refractivity contribution in [3.63, 3.8) is 0 Å². The minimum absolute atomic E-state index is 0.125. The van der Waals surface area contributed by atoms with Crippen molar-refractivity contribution < 1.29 is 24.3 Å². The van der Waals surface area contributed by atoms with Crippen LogP contribution in [-0.2, 0) is 14.3 Å². The van der Waals surface area contributed by atoms with Crippen LogP contribution in [0.5, 0.6) is 0 Å². The smallest absolute Gasteiger partial charge is 0.230 e. The number of carboxylic acid groups (broad SMARTS) is 1. The lowest BCUT2D eigenvalue weighted by atomic mass is 10.1. The summed E-state index contributed by atoms with van der Waals surface area (Å²) in [6, 6.07) is 5.77. The number of halogens is 1. The van der Waals surface area contributed by atoms with Gasteiger partial charge in [0.05, 0.1) is 25.6 Å². The quantitative estimate of drug-likeness (QED) is 0.708. The van der Waals surface area contributed by atoms with Crippen molar-refractivity contribution >= 4 is 29.2 Å². The monoisotopic (exact) mass is 312 g/mol. The molecule has 0 bridgehead atoms. The van der Waals surface area contributed by atoms with E-state index in [0.29, 0.717) is 37.0 Å². The molecule has 0 aromatic heterocycles. The Labute approximate surface area is 127 Å². The lowest BCUT2D eigenvalue weighted by Crippen LogP contribution is -3.19. The van der Waals surface area contributed by atoms with E-state index < -0.39 is 12.0 Å². The number of aliphatic carboxylic acids is 1. The molecule has 0 spiro atoms. The van der Waals surface area contributed by atoms with Gasteiger partial charge in [0.2, 0.25) is 5.91 Å². The van der Waals surface area contributed by atoms with Gasteiger partial charge in [0.1, 0.15) is 19.1 Å². The van der Waals surface area contributed by atoms with E-state index in [0.717, 1.165) is 4.90 Å². The average molecular weight is 313 g/mol. The summed E-state index contributed by atoms with van der Waals surface area (Å²) in [7, 11) is 0. The fraction of sp³-hybridized carbons (Fsp3) is 0.429. The van der Waals surface area contributed by atoms with Crippen LogP contribution < -0.4 is 15.3 Å². The van der Waals surface area contributed by atoms with Crippen molar-refractivity contribution in [1.29, 1.82) is 0 Å². The zero-order valence-corrected chi connectivity index (χ0v) is 12.2. The van der Waals surface area contributed by atoms with Crippen LogP contribution in [0.4, 0.5) is 5.69 Å². The third kappa shape index (κ3) is 4.70. The van der Waals surface area contributed by atoms with E-state index >= 15 is 0 Å². The first-order chi connectivity index (χ1) is 10.1. The lowest BCUT2D eigenvalue weighted by molar-refractivity contribution is -0.925. The number of hydrogen-bond acceptors (Lipinski definition) is 4. The van der Waals surface area contributed by atoms with E-state index in [-0.39, 0.29) is 12.3 Å². The Hall–Kier alpha value is -1.63. The second-order valence-electron chi connectivity index (χ2n) is 4.90. The normalized spacial score (nSPS) is 17.2. The van der Waals surface area contributed by atoms with Crippen molar-refractivity contribution in [3.05, 3.63) is 29.3 Å². The summed E-state index contributed by atoms with van der Waals surface area (Å²) in [5.74, 6) is -1.57. The van der Waals surface area contributed by atoms with E-state index in [9.17, 15) is 14.7 Å². The highest BCUT2D eigenvalue weighted by Gasteiger charge is 2.28. The van der Waals surface area contributed by atoms with Gasteiger partial charge in [0.15, 0.2) is 0 Å². The van der Waals surface area contributed by atoms with Crippen LogP contribution in [0.1, 0.15) is 6.42 Å². The van der Waals surface area contributed by atoms with Gasteiger partial charge in [-0.25, -0.2) is 0 Å². The summed E-state index contributed by atoms with van der Waals surface area (Å²) in [6.45, 7) is 2.12. The molecule has 1 aliphatic heterocycles. The molecule has 6 nitrogen and oxygen atoms in total. The largest absolute Gasteiger partial charge is 0.544 e. The molecule has 0 saturated carbocycles. The zero-order valence-electron chi connectivity index (χ0n) is 11.4. The molecule has 1 fully saturated rings. The molecule has 7 heteroatoms. The van der Waals surface area contributed by atoms with Crippen molar-refractivity contribution in [2.45, 2.75) is 12.5 Å². The minimum atomic E-state index is -1.21. The first kappa shape index (κ1) is 15.8. The maximum atomic E-state index is 12.0. The molecular formula is C14H17ClN2O4. The first-order valence-corrected chi connectivity index (χ1v) is 7.12. The van der Waals surface area contributed by atoms with E-state index in [2.05, 4.69) is 5.32 Å². The molecule has 2 N–H and O–H groups in total. The molecule has 1 aliphatic rings. The van der Waals surface area contributed by atoms with Crippen LogP contribution in [0, 0.1) is 0 Å². The highest BCUT2D eigenvalue weighted by molar-refractivity contribution is 6.30. The molecule has 0 radical (unpaired) electrons. The average Bonchev–Trinajstić information content (AvgIpc) is 2.48. The molecule has 1 aromatic carbocycles. The Morgan fingerprint density at radius 3 is 2.48 bits per heavy atom. The summed E-state index contributed by atoms with van der Waals surface area (Å²) in [5.41, 5.74) is 0.582. The number of carbonyl (C=O) groups excluding carboxylic acids is 2. The van der Waals surface area contributed by atoms with Crippen LogP contribution in [0.25, 0.3) is 0 Å². The van der Waals surface area contributed by atoms with Crippen LogP contribution in [0.2, 0.25) is 5.02 Å². The van der Waals surface area contributed by atoms with Gasteiger partial charge in [-0.1, -0.05) is 11.6 Å². The number of anilines is 1. The van der Waals surface area contributed by atoms with E-state index in [1.807, 2.05) is 0 Å². The predicted octanol–water partition coefficient (Wildman–Crippen LogP) is -1.30. The van der Waals surface area contributed by atoms with Gasteiger partial charge in [-0.15, -0.1) is 0 Å². The molecule has 2 rings (SSSR count). The Balaban J connectivity index is 1.94. The molecule has 0 unspecified atom stereocenters. The number of hydrogen-bond donors (Lipinski definition) is 2. The maximum absolute atomic E-state index is 12.0. The molecule has 1 heterocycles. The lowest BCUT2D eigenvalue weighted by Gasteiger charge is -2.31. The predicted molar refractivity (Wildman–Crippen MR) is 75.0 cm³/mol. The fourth-order valence-electron chi connectivity index (χ4n) is 2.31. The molecule has 1 amide bonds. The van der Waals surface area contributed by atoms with E-state index in [1.165, 1.54) is 0 Å². The number of nitrogens with one attached hydrogen (secondary N) is 2. The molecule has 0 aliphatic carbocycles. The summed E-state index contributed by atoms with van der Waals surface area (Å²) in [5, 5.41) is 14.5. The standard InChI is InChI=1S/C14H17ClN2O4/c15-10-1-3-11(4-2-10)16-13(18)9-12(14(19)20)17-5-7-21-8-6-17/h1-4,12H,5-9H2,(H,16,18)(H,19,20)/t12-/m1/s1. The van der Waals surface area contributed by atoms with Crippen LogP contribution in [-0.4, -0.2) is 44.2 Å². The van der Waals surface area contributed by atoms with E-state index in [1.54, 1.807) is 24.3 Å². The molecule has 114 valence electrons. The second-order valence-corrected chi connectivity index (χ2v) is 5.34. The number of carbonyl (C=O) groups is 2. The molecule has 21 heavy (non-hydrogen) atoms. The summed E-state index contributed by atoms with van der Waals surface area (Å²) < 4.78 is 5.19. The number of quaternary nitrogens is 1. The van der Waals surface area contributed by atoms with Gasteiger partial charge in [-0.2, -0.15) is 0 Å². The van der Waals surface area contributed by atoms with E-state index in [4.69, 9.17) is 16.3 Å². The number of amides is 1. The Morgan fingerprint density at radius 2 is 1.90 bits per heavy atom. The van der Waals surface area contributed by atoms with Gasteiger partial charge < -0.3 is 24.9 Å². The molecule has 1 saturated heterocycles. The third-order valence-electron chi connectivity index (χ3n) is 3.43. The SMILES string of the molecule is O=C(C[C@H](C(=O)[O-])[NH+]1CCOCC1)Nc1ccc(Cl)cc1. The Morgan fingerprint density at radius 1 is 1.29 bits per heavy atom. The minimum Gasteiger partial charge on any atom is -0.544 e. The molecular weight excluding hydrogens is 296 g/mol. The van der Waals surface area contributed by atoms with Gasteiger partial charge in [-0.05, 0) is 24.3 Å². The topological polar surface area (TPSA) is 82.9 Å². The summed E-state index contributed by atoms with van der Waals surface area (Å²) in [4.78, 5) is 24.0.